The molecule has 3 aliphatic heterocycles. The van der Waals surface area contributed by atoms with E-state index in [1.165, 1.54) is 28.1 Å². The number of carbonyl (C=O) groups excluding carboxylic acids is 4. The predicted octanol–water partition coefficient (Wildman–Crippen LogP) is 4.38. The lowest BCUT2D eigenvalue weighted by Crippen LogP contribution is -2.55. The number of nitrogens with zero attached hydrogens (tertiary/aromatic N) is 4. The number of aliphatic hydroxyl groups is 2. The SMILES string of the molecule is COC(=O)N[C@H](C(=O)N1[C@H](c2ncc(-c3ccc4c(c3)-c3ccc(-c5cnc([C@@H]6C[C@@H]7CCC[C@@H]7N6C(=O)[C@@H](NC(=O)OC)[C@@H](C)O)[nH]5)cc3S4(=O)=O)[nH]2)C[C@@H]2CCC[C@@H]21)[C@@H](C)O. The molecule has 5 aliphatic rings. The van der Waals surface area contributed by atoms with Gasteiger partial charge in [0.05, 0.1) is 72.1 Å². The van der Waals surface area contributed by atoms with Crippen LogP contribution in [-0.2, 0) is 28.9 Å². The Hall–Kier alpha value is -5.79. The summed E-state index contributed by atoms with van der Waals surface area (Å²) < 4.78 is 37.6. The fourth-order valence-corrected chi connectivity index (χ4v) is 12.6. The number of amides is 4. The molecule has 0 unspecified atom stereocenters. The molecular weight excluding hydrogens is 833 g/mol. The van der Waals surface area contributed by atoms with E-state index in [-0.39, 0.29) is 33.7 Å². The van der Waals surface area contributed by atoms with Crippen LogP contribution in [0, 0.1) is 11.8 Å². The monoisotopic (exact) mass is 884 g/mol. The summed E-state index contributed by atoms with van der Waals surface area (Å²) in [6.45, 7) is 2.89. The molecule has 4 fully saturated rings. The van der Waals surface area contributed by atoms with Gasteiger partial charge in [-0.05, 0) is 82.4 Å². The van der Waals surface area contributed by atoms with Gasteiger partial charge in [0.1, 0.15) is 23.7 Å². The van der Waals surface area contributed by atoms with Crippen molar-refractivity contribution in [3.8, 4) is 33.6 Å². The molecule has 4 amide bonds. The number of aromatic amines is 2. The first kappa shape index (κ1) is 42.5. The minimum atomic E-state index is -3.91. The number of hydrogen-bond acceptors (Lipinski definition) is 12. The number of aromatic nitrogens is 4. The molecule has 0 radical (unpaired) electrons. The van der Waals surface area contributed by atoms with Crippen LogP contribution in [0.4, 0.5) is 9.59 Å². The summed E-state index contributed by atoms with van der Waals surface area (Å²) in [5.41, 5.74) is 3.57. The Balaban J connectivity index is 0.975. The van der Waals surface area contributed by atoms with Crippen LogP contribution in [0.25, 0.3) is 33.6 Å². The van der Waals surface area contributed by atoms with Gasteiger partial charge < -0.3 is 50.1 Å². The lowest BCUT2D eigenvalue weighted by molar-refractivity contribution is -0.140. The second-order valence-electron chi connectivity index (χ2n) is 17.5. The average molecular weight is 885 g/mol. The molecule has 6 N–H and O–H groups in total. The van der Waals surface area contributed by atoms with Crippen molar-refractivity contribution in [2.75, 3.05) is 14.2 Å². The van der Waals surface area contributed by atoms with Crippen LogP contribution in [0.15, 0.2) is 58.6 Å². The van der Waals surface area contributed by atoms with Crippen LogP contribution < -0.4 is 10.6 Å². The predicted molar refractivity (Wildman–Crippen MR) is 225 cm³/mol. The Morgan fingerprint density at radius 3 is 1.65 bits per heavy atom. The van der Waals surface area contributed by atoms with Gasteiger partial charge in [-0.15, -0.1) is 0 Å². The molecule has 10 atom stereocenters. The number of fused-ring (bicyclic) bond motifs is 5. The maximum Gasteiger partial charge on any atom is 0.407 e. The highest BCUT2D eigenvalue weighted by molar-refractivity contribution is 7.92. The van der Waals surface area contributed by atoms with Gasteiger partial charge >= 0.3 is 12.2 Å². The molecule has 63 heavy (non-hydrogen) atoms. The van der Waals surface area contributed by atoms with E-state index < -0.39 is 70.2 Å². The lowest BCUT2D eigenvalue weighted by atomic mass is 10.0. The van der Waals surface area contributed by atoms with Gasteiger partial charge in [-0.2, -0.15) is 0 Å². The maximum absolute atomic E-state index is 14.1. The van der Waals surface area contributed by atoms with E-state index in [0.717, 1.165) is 38.5 Å². The molecule has 9 rings (SSSR count). The Kier molecular flexibility index (Phi) is 11.1. The van der Waals surface area contributed by atoms with Gasteiger partial charge in [0.2, 0.25) is 21.7 Å². The van der Waals surface area contributed by atoms with Crippen molar-refractivity contribution in [3.05, 3.63) is 60.4 Å². The number of nitrogens with one attached hydrogen (secondary N) is 4. The van der Waals surface area contributed by atoms with E-state index in [1.807, 2.05) is 12.1 Å². The van der Waals surface area contributed by atoms with Crippen LogP contribution in [0.3, 0.4) is 0 Å². The summed E-state index contributed by atoms with van der Waals surface area (Å²) in [7, 11) is -1.52. The molecule has 5 heterocycles. The number of methoxy groups -OCH3 is 2. The largest absolute Gasteiger partial charge is 0.453 e. The van der Waals surface area contributed by atoms with E-state index in [9.17, 15) is 37.8 Å². The summed E-state index contributed by atoms with van der Waals surface area (Å²) in [6, 6.07) is 6.93. The van der Waals surface area contributed by atoms with Gasteiger partial charge in [-0.3, -0.25) is 9.59 Å². The third kappa shape index (κ3) is 7.32. The van der Waals surface area contributed by atoms with Crippen LogP contribution in [0.1, 0.15) is 88.9 Å². The Bertz CT molecular complexity index is 2570. The number of carbonyl (C=O) groups is 4. The zero-order valence-corrected chi connectivity index (χ0v) is 36.2. The molecule has 2 aromatic heterocycles. The van der Waals surface area contributed by atoms with Crippen LogP contribution in [0.2, 0.25) is 0 Å². The quantitative estimate of drug-likeness (QED) is 0.114. The first-order valence-corrected chi connectivity index (χ1v) is 23.0. The fraction of sp³-hybridized carbons (Fsp3) is 0.500. The van der Waals surface area contributed by atoms with E-state index in [2.05, 4.69) is 25.6 Å². The van der Waals surface area contributed by atoms with Gasteiger partial charge in [0.25, 0.3) is 0 Å². The molecule has 0 bridgehead atoms. The molecule has 4 aromatic rings. The molecule has 18 nitrogen and oxygen atoms in total. The Morgan fingerprint density at radius 1 is 0.698 bits per heavy atom. The van der Waals surface area contributed by atoms with Crippen molar-refractivity contribution in [1.29, 1.82) is 0 Å². The van der Waals surface area contributed by atoms with E-state index in [1.54, 1.807) is 46.5 Å². The van der Waals surface area contributed by atoms with E-state index in [4.69, 9.17) is 14.5 Å². The first-order chi connectivity index (χ1) is 30.2. The zero-order chi connectivity index (χ0) is 44.5. The third-order valence-corrected chi connectivity index (χ3v) is 15.7. The molecule has 19 heteroatoms. The topological polar surface area (TPSA) is 249 Å². The summed E-state index contributed by atoms with van der Waals surface area (Å²) in [6.07, 6.45) is 6.05. The van der Waals surface area contributed by atoms with Gasteiger partial charge in [-0.1, -0.05) is 31.0 Å². The van der Waals surface area contributed by atoms with Crippen molar-refractivity contribution in [2.24, 2.45) is 11.8 Å². The highest BCUT2D eigenvalue weighted by atomic mass is 32.2. The highest BCUT2D eigenvalue weighted by Gasteiger charge is 2.51. The number of ether oxygens (including phenoxy) is 2. The fourth-order valence-electron chi connectivity index (χ4n) is 10.9. The van der Waals surface area contributed by atoms with Crippen molar-refractivity contribution in [3.63, 3.8) is 0 Å². The van der Waals surface area contributed by atoms with Gasteiger partial charge in [0.15, 0.2) is 0 Å². The molecule has 2 saturated heterocycles. The normalized spacial score (nSPS) is 25.9. The molecule has 0 spiro atoms. The first-order valence-electron chi connectivity index (χ1n) is 21.5. The average Bonchev–Trinajstić information content (AvgIpc) is 4.13. The van der Waals surface area contributed by atoms with E-state index >= 15 is 0 Å². The van der Waals surface area contributed by atoms with Crippen LogP contribution >= 0.6 is 0 Å². The molecule has 2 aromatic carbocycles. The number of likely N-dealkylation sites (tertiary alicyclic amines) is 2. The van der Waals surface area contributed by atoms with Crippen molar-refractivity contribution in [1.82, 2.24) is 40.4 Å². The second-order valence-corrected chi connectivity index (χ2v) is 19.4. The van der Waals surface area contributed by atoms with Crippen molar-refractivity contribution < 1.29 is 47.3 Å². The highest BCUT2D eigenvalue weighted by Crippen LogP contribution is 2.50. The minimum Gasteiger partial charge on any atom is -0.453 e. The van der Waals surface area contributed by atoms with Crippen LogP contribution in [-0.4, -0.2) is 123 Å². The second kappa shape index (κ2) is 16.4. The van der Waals surface area contributed by atoms with Gasteiger partial charge in [0, 0.05) is 34.3 Å². The minimum absolute atomic E-state index is 0.0663. The number of rotatable bonds is 10. The number of hydrogen-bond donors (Lipinski definition) is 6. The number of benzene rings is 2. The van der Waals surface area contributed by atoms with Gasteiger partial charge in [-0.25, -0.2) is 28.0 Å². The Morgan fingerprint density at radius 2 is 1.17 bits per heavy atom. The maximum atomic E-state index is 14.1. The van der Waals surface area contributed by atoms with E-state index in [0.29, 0.717) is 58.1 Å². The smallest absolute Gasteiger partial charge is 0.407 e. The van der Waals surface area contributed by atoms with Crippen molar-refractivity contribution in [2.45, 2.75) is 123 Å². The zero-order valence-electron chi connectivity index (χ0n) is 35.4. The number of H-pyrrole nitrogens is 2. The number of imidazole rings is 2. The number of sulfone groups is 1. The standard InChI is InChI=1S/C44H52N8O10S/c1-21(53)37(49-43(57)61-3)41(55)51-31-9-5-7-25(31)16-33(51)39-45-19-29(47-39)23-12-14-35-28(15-23)27-13-11-24(18-36(27)63(35,59)60)30-20-46-40(48-30)34-17-26-8-6-10-32(26)52(34)42(56)38(22(2)54)50-44(58)62-4/h11-15,18-22,25-26,31-34,37-38,53-54H,5-10,16-17H2,1-4H3,(H,45,47)(H,46,48)(H,49,57)(H,50,58)/t21-,22-,25+,26+,31+,32+,33+,34+,37+,38+/m1/s1. The third-order valence-electron chi connectivity index (χ3n) is 13.9. The summed E-state index contributed by atoms with van der Waals surface area (Å²) in [4.78, 5) is 72.3. The molecule has 334 valence electrons. The summed E-state index contributed by atoms with van der Waals surface area (Å²) in [5.74, 6) is 0.724. The molecule has 2 saturated carbocycles. The van der Waals surface area contributed by atoms with Crippen molar-refractivity contribution >= 4 is 33.8 Å². The van der Waals surface area contributed by atoms with Crippen LogP contribution in [0.5, 0.6) is 0 Å². The molecular formula is C44H52N8O10S. The molecule has 2 aliphatic carbocycles. The Labute approximate surface area is 364 Å². The summed E-state index contributed by atoms with van der Waals surface area (Å²) in [5, 5.41) is 26.0. The lowest BCUT2D eigenvalue weighted by Gasteiger charge is -2.33. The number of alkyl carbamates (subject to hydrolysis) is 2. The number of aliphatic hydroxyl groups excluding tert-OH is 2. The summed E-state index contributed by atoms with van der Waals surface area (Å²) >= 11 is 0.